The summed E-state index contributed by atoms with van der Waals surface area (Å²) in [6, 6.07) is 9.12. The van der Waals surface area contributed by atoms with E-state index in [0.717, 1.165) is 5.56 Å². The molecule has 0 saturated heterocycles. The Hall–Kier alpha value is -2.24. The van der Waals surface area contributed by atoms with Gasteiger partial charge < -0.3 is 5.11 Å². The van der Waals surface area contributed by atoms with Crippen LogP contribution in [0.5, 0.6) is 0 Å². The second-order valence-electron chi connectivity index (χ2n) is 3.75. The number of benzene rings is 1. The Kier molecular flexibility index (Phi) is 3.13. The van der Waals surface area contributed by atoms with Gasteiger partial charge in [-0.2, -0.15) is 4.80 Å². The lowest BCUT2D eigenvalue weighted by atomic mass is 10.2. The van der Waals surface area contributed by atoms with Gasteiger partial charge in [-0.15, -0.1) is 10.2 Å². The van der Waals surface area contributed by atoms with Crippen molar-refractivity contribution in [2.24, 2.45) is 0 Å². The molecule has 0 amide bonds. The van der Waals surface area contributed by atoms with Crippen molar-refractivity contribution in [1.82, 2.24) is 20.2 Å². The minimum Gasteiger partial charge on any atom is -0.481 e. The van der Waals surface area contributed by atoms with Crippen LogP contribution in [0, 0.1) is 0 Å². The maximum Gasteiger partial charge on any atom is 0.305 e. The average molecular weight is 232 g/mol. The number of carboxylic acid groups (broad SMARTS) is 1. The Balaban J connectivity index is 2.19. The lowest BCUT2D eigenvalue weighted by molar-refractivity contribution is -0.137. The zero-order chi connectivity index (χ0) is 12.3. The predicted molar refractivity (Wildman–Crippen MR) is 60.2 cm³/mol. The maximum atomic E-state index is 10.6. The molecule has 2 rings (SSSR count). The highest BCUT2D eigenvalue weighted by molar-refractivity contribution is 5.67. The first kappa shape index (κ1) is 11.3. The van der Waals surface area contributed by atoms with Gasteiger partial charge in [-0.05, 0) is 12.1 Å². The molecular formula is C11H12N4O2. The van der Waals surface area contributed by atoms with Crippen molar-refractivity contribution in [2.45, 2.75) is 19.4 Å². The van der Waals surface area contributed by atoms with Crippen molar-refractivity contribution in [2.75, 3.05) is 0 Å². The molecule has 0 saturated carbocycles. The first-order valence-corrected chi connectivity index (χ1v) is 5.23. The van der Waals surface area contributed by atoms with E-state index in [0.29, 0.717) is 5.82 Å². The molecular weight excluding hydrogens is 220 g/mol. The Bertz CT molecular complexity index is 509. The molecule has 0 fully saturated rings. The quantitative estimate of drug-likeness (QED) is 0.861. The largest absolute Gasteiger partial charge is 0.481 e. The van der Waals surface area contributed by atoms with Crippen molar-refractivity contribution in [3.05, 3.63) is 30.3 Å². The van der Waals surface area contributed by atoms with Gasteiger partial charge in [-0.3, -0.25) is 4.79 Å². The lowest BCUT2D eigenvalue weighted by Crippen LogP contribution is -2.13. The molecule has 1 atom stereocenters. The van der Waals surface area contributed by atoms with Crippen LogP contribution < -0.4 is 0 Å². The van der Waals surface area contributed by atoms with E-state index in [9.17, 15) is 4.79 Å². The highest BCUT2D eigenvalue weighted by Gasteiger charge is 2.13. The Morgan fingerprint density at radius 1 is 1.41 bits per heavy atom. The number of nitrogens with zero attached hydrogens (tertiary/aromatic N) is 4. The number of aliphatic carboxylic acids is 1. The number of rotatable bonds is 4. The highest BCUT2D eigenvalue weighted by Crippen LogP contribution is 2.14. The first-order valence-electron chi connectivity index (χ1n) is 5.23. The number of carboxylic acids is 1. The molecule has 17 heavy (non-hydrogen) atoms. The number of carbonyl (C=O) groups is 1. The Morgan fingerprint density at radius 2 is 2.12 bits per heavy atom. The van der Waals surface area contributed by atoms with Gasteiger partial charge in [0.15, 0.2) is 0 Å². The summed E-state index contributed by atoms with van der Waals surface area (Å²) in [5, 5.41) is 20.6. The normalized spacial score (nSPS) is 12.3. The molecule has 0 aliphatic rings. The van der Waals surface area contributed by atoms with E-state index < -0.39 is 5.97 Å². The molecule has 1 aromatic carbocycles. The van der Waals surface area contributed by atoms with Crippen molar-refractivity contribution >= 4 is 5.97 Å². The molecule has 1 unspecified atom stereocenters. The third-order valence-electron chi connectivity index (χ3n) is 2.32. The van der Waals surface area contributed by atoms with Gasteiger partial charge in [0.2, 0.25) is 5.82 Å². The highest BCUT2D eigenvalue weighted by atomic mass is 16.4. The van der Waals surface area contributed by atoms with E-state index in [1.165, 1.54) is 4.80 Å². The van der Waals surface area contributed by atoms with E-state index in [4.69, 9.17) is 5.11 Å². The summed E-state index contributed by atoms with van der Waals surface area (Å²) in [4.78, 5) is 11.9. The van der Waals surface area contributed by atoms with E-state index >= 15 is 0 Å². The van der Waals surface area contributed by atoms with Gasteiger partial charge in [0.1, 0.15) is 0 Å². The van der Waals surface area contributed by atoms with Crippen molar-refractivity contribution in [3.8, 4) is 11.4 Å². The second-order valence-corrected chi connectivity index (χ2v) is 3.75. The fourth-order valence-electron chi connectivity index (χ4n) is 1.45. The van der Waals surface area contributed by atoms with E-state index in [-0.39, 0.29) is 12.5 Å². The van der Waals surface area contributed by atoms with Crippen molar-refractivity contribution in [3.63, 3.8) is 0 Å². The third kappa shape index (κ3) is 2.66. The van der Waals surface area contributed by atoms with Crippen LogP contribution in [0.15, 0.2) is 30.3 Å². The minimum absolute atomic E-state index is 0.0232. The minimum atomic E-state index is -0.879. The van der Waals surface area contributed by atoms with E-state index in [1.54, 1.807) is 6.92 Å². The molecule has 2 aromatic rings. The van der Waals surface area contributed by atoms with Crippen LogP contribution in [0.1, 0.15) is 19.4 Å². The Labute approximate surface area is 97.9 Å². The van der Waals surface area contributed by atoms with Crippen molar-refractivity contribution < 1.29 is 9.90 Å². The summed E-state index contributed by atoms with van der Waals surface area (Å²) < 4.78 is 0. The molecule has 1 heterocycles. The molecule has 1 aromatic heterocycles. The van der Waals surface area contributed by atoms with Gasteiger partial charge >= 0.3 is 5.97 Å². The molecule has 0 aliphatic carbocycles. The topological polar surface area (TPSA) is 80.9 Å². The van der Waals surface area contributed by atoms with Crippen LogP contribution >= 0.6 is 0 Å². The van der Waals surface area contributed by atoms with Crippen LogP contribution in [0.3, 0.4) is 0 Å². The molecule has 0 aliphatic heterocycles. The zero-order valence-electron chi connectivity index (χ0n) is 9.32. The maximum absolute atomic E-state index is 10.6. The molecule has 0 bridgehead atoms. The molecule has 1 N–H and O–H groups in total. The van der Waals surface area contributed by atoms with Crippen LogP contribution in [0.2, 0.25) is 0 Å². The number of hydrogen-bond donors (Lipinski definition) is 1. The Morgan fingerprint density at radius 3 is 2.76 bits per heavy atom. The van der Waals surface area contributed by atoms with Gasteiger partial charge in [0.25, 0.3) is 0 Å². The summed E-state index contributed by atoms with van der Waals surface area (Å²) in [5.74, 6) is -0.376. The summed E-state index contributed by atoms with van der Waals surface area (Å²) in [5.41, 5.74) is 0.862. The second kappa shape index (κ2) is 4.73. The smallest absolute Gasteiger partial charge is 0.305 e. The van der Waals surface area contributed by atoms with Gasteiger partial charge in [0.05, 0.1) is 12.5 Å². The molecule has 6 heteroatoms. The SMILES string of the molecule is CC(CC(=O)O)n1nnc(-c2ccccc2)n1. The van der Waals surface area contributed by atoms with Crippen molar-refractivity contribution in [1.29, 1.82) is 0 Å². The summed E-state index contributed by atoms with van der Waals surface area (Å²) in [6.45, 7) is 1.74. The molecule has 0 spiro atoms. The van der Waals surface area contributed by atoms with E-state index in [1.807, 2.05) is 30.3 Å². The van der Waals surface area contributed by atoms with Crippen LogP contribution in [-0.4, -0.2) is 31.3 Å². The predicted octanol–water partition coefficient (Wildman–Crippen LogP) is 1.38. The fourth-order valence-corrected chi connectivity index (χ4v) is 1.45. The van der Waals surface area contributed by atoms with E-state index in [2.05, 4.69) is 15.4 Å². The molecule has 0 radical (unpaired) electrons. The molecule has 6 nitrogen and oxygen atoms in total. The third-order valence-corrected chi connectivity index (χ3v) is 2.32. The monoisotopic (exact) mass is 232 g/mol. The average Bonchev–Trinajstić information content (AvgIpc) is 2.78. The number of aromatic nitrogens is 4. The standard InChI is InChI=1S/C11H12N4O2/c1-8(7-10(16)17)15-13-11(12-14-15)9-5-3-2-4-6-9/h2-6,8H,7H2,1H3,(H,16,17). The number of hydrogen-bond acceptors (Lipinski definition) is 4. The zero-order valence-corrected chi connectivity index (χ0v) is 9.32. The summed E-state index contributed by atoms with van der Waals surface area (Å²) in [6.07, 6.45) is -0.0232. The van der Waals surface area contributed by atoms with Crippen LogP contribution in [0.4, 0.5) is 0 Å². The van der Waals surface area contributed by atoms with Gasteiger partial charge in [-0.1, -0.05) is 30.3 Å². The lowest BCUT2D eigenvalue weighted by Gasteiger charge is -2.04. The van der Waals surface area contributed by atoms with Gasteiger partial charge in [-0.25, -0.2) is 0 Å². The van der Waals surface area contributed by atoms with Gasteiger partial charge in [0, 0.05) is 5.56 Å². The van der Waals surface area contributed by atoms with Crippen LogP contribution in [0.25, 0.3) is 11.4 Å². The fraction of sp³-hybridized carbons (Fsp3) is 0.273. The summed E-state index contributed by atoms with van der Waals surface area (Å²) in [7, 11) is 0. The summed E-state index contributed by atoms with van der Waals surface area (Å²) >= 11 is 0. The first-order chi connectivity index (χ1) is 8.16. The molecule has 88 valence electrons. The van der Waals surface area contributed by atoms with Crippen LogP contribution in [-0.2, 0) is 4.79 Å². The number of tetrazole rings is 1.